The van der Waals surface area contributed by atoms with Gasteiger partial charge >= 0.3 is 0 Å². The van der Waals surface area contributed by atoms with E-state index in [0.29, 0.717) is 0 Å². The van der Waals surface area contributed by atoms with Crippen LogP contribution in [0.3, 0.4) is 0 Å². The molecule has 1 aliphatic rings. The van der Waals surface area contributed by atoms with Crippen molar-refractivity contribution in [2.75, 3.05) is 5.75 Å². The quantitative estimate of drug-likeness (QED) is 0.541. The molecule has 0 atom stereocenters. The molecule has 0 fully saturated rings. The lowest BCUT2D eigenvalue weighted by Gasteiger charge is -1.99. The van der Waals surface area contributed by atoms with Gasteiger partial charge in [-0.3, -0.25) is 0 Å². The Balaban J connectivity index is 1.87. The summed E-state index contributed by atoms with van der Waals surface area (Å²) in [7, 11) is 0. The van der Waals surface area contributed by atoms with Crippen LogP contribution < -0.4 is 0 Å². The number of hydrogen-bond acceptors (Lipinski definition) is 3. The fraction of sp³-hybridized carbons (Fsp3) is 0.200. The Kier molecular flexibility index (Phi) is 2.77. The first-order chi connectivity index (χ1) is 6.45. The number of nitrogens with zero attached hydrogens (tertiary/aromatic N) is 2. The average Bonchev–Trinajstić information content (AvgIpc) is 2.69. The molecule has 0 aromatic carbocycles. The zero-order chi connectivity index (χ0) is 8.93. The van der Waals surface area contributed by atoms with Crippen molar-refractivity contribution in [2.24, 2.45) is 0 Å². The van der Waals surface area contributed by atoms with Crippen LogP contribution in [-0.4, -0.2) is 15.7 Å². The van der Waals surface area contributed by atoms with E-state index in [1.807, 2.05) is 6.07 Å². The third-order valence-electron chi connectivity index (χ3n) is 1.78. The molecule has 0 saturated heterocycles. The number of allylic oxidation sites excluding steroid dienone is 3. The first-order valence-corrected chi connectivity index (χ1v) is 5.18. The molecule has 0 amide bonds. The lowest BCUT2D eigenvalue weighted by Crippen LogP contribution is -1.87. The molecule has 0 N–H and O–H groups in total. The molecule has 1 aromatic heterocycles. The van der Waals surface area contributed by atoms with Crippen molar-refractivity contribution in [3.05, 3.63) is 42.3 Å². The summed E-state index contributed by atoms with van der Waals surface area (Å²) in [5, 5.41) is 0.857. The predicted octanol–water partition coefficient (Wildman–Crippen LogP) is 2.46. The van der Waals surface area contributed by atoms with Gasteiger partial charge in [0.1, 0.15) is 0 Å². The van der Waals surface area contributed by atoms with Gasteiger partial charge in [0.25, 0.3) is 0 Å². The van der Waals surface area contributed by atoms with Gasteiger partial charge in [-0.25, -0.2) is 9.97 Å². The molecule has 0 saturated carbocycles. The number of hydrogen-bond donors (Lipinski definition) is 0. The molecule has 2 nitrogen and oxygen atoms in total. The molecule has 3 heteroatoms. The molecule has 2 rings (SSSR count). The molecule has 13 heavy (non-hydrogen) atoms. The highest BCUT2D eigenvalue weighted by Crippen LogP contribution is 2.20. The Morgan fingerprint density at radius 1 is 1.31 bits per heavy atom. The highest BCUT2D eigenvalue weighted by Gasteiger charge is 2.01. The van der Waals surface area contributed by atoms with E-state index in [1.165, 1.54) is 5.57 Å². The van der Waals surface area contributed by atoms with Crippen LogP contribution in [0.15, 0.2) is 47.4 Å². The van der Waals surface area contributed by atoms with E-state index < -0.39 is 0 Å². The Bertz CT molecular complexity index is 330. The summed E-state index contributed by atoms with van der Waals surface area (Å²) in [4.78, 5) is 8.29. The van der Waals surface area contributed by atoms with Crippen molar-refractivity contribution >= 4 is 11.8 Å². The van der Waals surface area contributed by atoms with E-state index in [1.54, 1.807) is 24.2 Å². The topological polar surface area (TPSA) is 25.8 Å². The van der Waals surface area contributed by atoms with Crippen molar-refractivity contribution < 1.29 is 0 Å². The van der Waals surface area contributed by atoms with Crippen LogP contribution in [0.2, 0.25) is 0 Å². The van der Waals surface area contributed by atoms with Crippen molar-refractivity contribution in [1.29, 1.82) is 0 Å². The van der Waals surface area contributed by atoms with Gasteiger partial charge in [-0.2, -0.15) is 0 Å². The summed E-state index contributed by atoms with van der Waals surface area (Å²) in [5.74, 6) is 0.997. The summed E-state index contributed by atoms with van der Waals surface area (Å²) in [6, 6.07) is 1.83. The van der Waals surface area contributed by atoms with Gasteiger partial charge in [-0.1, -0.05) is 35.6 Å². The molecule has 0 spiro atoms. The fourth-order valence-electron chi connectivity index (χ4n) is 1.12. The summed E-state index contributed by atoms with van der Waals surface area (Å²) < 4.78 is 0. The van der Waals surface area contributed by atoms with Gasteiger partial charge in [0.05, 0.1) is 0 Å². The van der Waals surface area contributed by atoms with Crippen molar-refractivity contribution in [1.82, 2.24) is 9.97 Å². The minimum Gasteiger partial charge on any atom is -0.231 e. The van der Waals surface area contributed by atoms with E-state index in [2.05, 4.69) is 28.2 Å². The van der Waals surface area contributed by atoms with Crippen LogP contribution in [0, 0.1) is 0 Å². The van der Waals surface area contributed by atoms with E-state index >= 15 is 0 Å². The standard InChI is InChI=1S/C10H10N2S/c1-2-5-9(4-1)8-13-10-11-6-3-7-12-10/h1-4,6-7H,5,8H2. The summed E-state index contributed by atoms with van der Waals surface area (Å²) in [5.41, 5.74) is 1.44. The number of thioether (sulfide) groups is 1. The highest BCUT2D eigenvalue weighted by atomic mass is 32.2. The maximum absolute atomic E-state index is 4.14. The normalized spacial score (nSPS) is 14.6. The number of rotatable bonds is 3. The molecule has 1 heterocycles. The second-order valence-corrected chi connectivity index (χ2v) is 3.72. The molecule has 1 aliphatic carbocycles. The minimum atomic E-state index is 0.857. The van der Waals surface area contributed by atoms with Gasteiger partial charge in [-0.15, -0.1) is 0 Å². The summed E-state index contributed by atoms with van der Waals surface area (Å²) in [6.45, 7) is 0. The van der Waals surface area contributed by atoms with Crippen molar-refractivity contribution in [3.63, 3.8) is 0 Å². The molecule has 0 bridgehead atoms. The van der Waals surface area contributed by atoms with Crippen LogP contribution in [0.5, 0.6) is 0 Å². The monoisotopic (exact) mass is 190 g/mol. The molecule has 1 aromatic rings. The maximum atomic E-state index is 4.14. The average molecular weight is 190 g/mol. The summed E-state index contributed by atoms with van der Waals surface area (Å²) in [6.07, 6.45) is 11.1. The fourth-order valence-corrected chi connectivity index (χ4v) is 1.92. The van der Waals surface area contributed by atoms with Crippen LogP contribution >= 0.6 is 11.8 Å². The van der Waals surface area contributed by atoms with Crippen molar-refractivity contribution in [2.45, 2.75) is 11.6 Å². The summed E-state index contributed by atoms with van der Waals surface area (Å²) >= 11 is 1.69. The third-order valence-corrected chi connectivity index (χ3v) is 2.76. The maximum Gasteiger partial charge on any atom is 0.187 e. The van der Waals surface area contributed by atoms with Crippen molar-refractivity contribution in [3.8, 4) is 0 Å². The Morgan fingerprint density at radius 2 is 2.15 bits per heavy atom. The zero-order valence-electron chi connectivity index (χ0n) is 7.18. The van der Waals surface area contributed by atoms with E-state index in [4.69, 9.17) is 0 Å². The van der Waals surface area contributed by atoms with Crippen LogP contribution in [0.4, 0.5) is 0 Å². The van der Waals surface area contributed by atoms with E-state index in [0.717, 1.165) is 17.3 Å². The molecule has 0 aliphatic heterocycles. The van der Waals surface area contributed by atoms with Gasteiger partial charge in [0.15, 0.2) is 5.16 Å². The highest BCUT2D eigenvalue weighted by molar-refractivity contribution is 7.99. The Hall–Kier alpha value is -1.09. The largest absolute Gasteiger partial charge is 0.231 e. The number of aromatic nitrogens is 2. The first-order valence-electron chi connectivity index (χ1n) is 4.19. The van der Waals surface area contributed by atoms with Gasteiger partial charge in [0, 0.05) is 18.1 Å². The zero-order valence-corrected chi connectivity index (χ0v) is 8.00. The van der Waals surface area contributed by atoms with Crippen LogP contribution in [-0.2, 0) is 0 Å². The van der Waals surface area contributed by atoms with Gasteiger partial charge < -0.3 is 0 Å². The van der Waals surface area contributed by atoms with Crippen LogP contribution in [0.1, 0.15) is 6.42 Å². The van der Waals surface area contributed by atoms with E-state index in [9.17, 15) is 0 Å². The minimum absolute atomic E-state index is 0.857. The lowest BCUT2D eigenvalue weighted by molar-refractivity contribution is 0.967. The third kappa shape index (κ3) is 2.42. The molecular formula is C10H10N2S. The van der Waals surface area contributed by atoms with Crippen LogP contribution in [0.25, 0.3) is 0 Å². The Labute approximate surface area is 81.8 Å². The van der Waals surface area contributed by atoms with Gasteiger partial charge in [0.2, 0.25) is 0 Å². The predicted molar refractivity (Wildman–Crippen MR) is 54.6 cm³/mol. The molecular weight excluding hydrogens is 180 g/mol. The molecule has 66 valence electrons. The smallest absolute Gasteiger partial charge is 0.187 e. The molecule has 0 unspecified atom stereocenters. The first kappa shape index (κ1) is 8.51. The van der Waals surface area contributed by atoms with E-state index in [-0.39, 0.29) is 0 Å². The Morgan fingerprint density at radius 3 is 2.85 bits per heavy atom. The second kappa shape index (κ2) is 4.23. The lowest BCUT2D eigenvalue weighted by atomic mass is 10.3. The second-order valence-electron chi connectivity index (χ2n) is 2.78. The molecule has 0 radical (unpaired) electrons. The SMILES string of the molecule is C1=CCC(CSc2ncccn2)=C1. The van der Waals surface area contributed by atoms with Gasteiger partial charge in [-0.05, 0) is 12.5 Å².